The van der Waals surface area contributed by atoms with E-state index in [2.05, 4.69) is 21.6 Å². The quantitative estimate of drug-likeness (QED) is 0.304. The highest BCUT2D eigenvalue weighted by Crippen LogP contribution is 2.24. The monoisotopic (exact) mass is 438 g/mol. The van der Waals surface area contributed by atoms with Crippen LogP contribution >= 0.6 is 23.2 Å². The van der Waals surface area contributed by atoms with Crippen molar-refractivity contribution in [2.24, 2.45) is 0 Å². The van der Waals surface area contributed by atoms with Crippen LogP contribution in [0.5, 0.6) is 0 Å². The Balaban J connectivity index is 1.89. The van der Waals surface area contributed by atoms with E-state index in [1.165, 1.54) is 13.2 Å². The van der Waals surface area contributed by atoms with Crippen molar-refractivity contribution in [3.63, 3.8) is 0 Å². The van der Waals surface area contributed by atoms with Crippen LogP contribution in [0, 0.1) is 11.8 Å². The van der Waals surface area contributed by atoms with Crippen molar-refractivity contribution in [1.82, 2.24) is 9.55 Å². The summed E-state index contributed by atoms with van der Waals surface area (Å²) in [6.45, 7) is 2.46. The SMILES string of the molecule is CCc1nc(Cl)c(/C=C/C(=O)OC)n1Cc1ccc(C#Cc2ccccc2)cc1Cl. The molecule has 2 aromatic carbocycles. The van der Waals surface area contributed by atoms with Gasteiger partial charge in [-0.15, -0.1) is 0 Å². The Labute approximate surface area is 186 Å². The maximum absolute atomic E-state index is 11.5. The molecule has 0 aliphatic rings. The van der Waals surface area contributed by atoms with Crippen LogP contribution in [-0.4, -0.2) is 22.6 Å². The van der Waals surface area contributed by atoms with Crippen LogP contribution in [0.3, 0.4) is 0 Å². The number of ether oxygens (including phenoxy) is 1. The topological polar surface area (TPSA) is 44.1 Å². The molecule has 0 spiro atoms. The highest BCUT2D eigenvalue weighted by atomic mass is 35.5. The molecule has 30 heavy (non-hydrogen) atoms. The Morgan fingerprint density at radius 2 is 1.87 bits per heavy atom. The van der Waals surface area contributed by atoms with Crippen molar-refractivity contribution in [2.45, 2.75) is 19.9 Å². The molecule has 0 amide bonds. The molecular weight excluding hydrogens is 419 g/mol. The fraction of sp³-hybridized carbons (Fsp3) is 0.167. The third kappa shape index (κ3) is 5.33. The molecule has 0 aliphatic carbocycles. The lowest BCUT2D eigenvalue weighted by Crippen LogP contribution is -2.07. The van der Waals surface area contributed by atoms with Gasteiger partial charge in [0.25, 0.3) is 0 Å². The molecular formula is C24H20Cl2N2O2. The molecule has 1 heterocycles. The molecule has 0 saturated heterocycles. The third-order valence-electron chi connectivity index (χ3n) is 4.44. The van der Waals surface area contributed by atoms with Crippen LogP contribution in [0.2, 0.25) is 10.2 Å². The number of imidazole rings is 1. The molecule has 0 atom stereocenters. The average molecular weight is 439 g/mol. The van der Waals surface area contributed by atoms with Gasteiger partial charge in [-0.05, 0) is 35.9 Å². The summed E-state index contributed by atoms with van der Waals surface area (Å²) < 4.78 is 6.60. The second-order valence-electron chi connectivity index (χ2n) is 6.42. The summed E-state index contributed by atoms with van der Waals surface area (Å²) in [7, 11) is 1.32. The van der Waals surface area contributed by atoms with E-state index in [-0.39, 0.29) is 0 Å². The van der Waals surface area contributed by atoms with Gasteiger partial charge in [0, 0.05) is 28.6 Å². The smallest absolute Gasteiger partial charge is 0.330 e. The number of esters is 1. The predicted molar refractivity (Wildman–Crippen MR) is 121 cm³/mol. The van der Waals surface area contributed by atoms with Gasteiger partial charge in [0.15, 0.2) is 5.15 Å². The van der Waals surface area contributed by atoms with E-state index >= 15 is 0 Å². The number of methoxy groups -OCH3 is 1. The van der Waals surface area contributed by atoms with Crippen molar-refractivity contribution in [2.75, 3.05) is 7.11 Å². The summed E-state index contributed by atoms with van der Waals surface area (Å²) in [5.74, 6) is 6.60. The van der Waals surface area contributed by atoms with Gasteiger partial charge in [0.05, 0.1) is 19.3 Å². The minimum Gasteiger partial charge on any atom is -0.466 e. The Morgan fingerprint density at radius 1 is 1.13 bits per heavy atom. The van der Waals surface area contributed by atoms with Gasteiger partial charge < -0.3 is 9.30 Å². The van der Waals surface area contributed by atoms with Crippen LogP contribution < -0.4 is 0 Å². The minimum absolute atomic E-state index is 0.327. The van der Waals surface area contributed by atoms with Crippen molar-refractivity contribution < 1.29 is 9.53 Å². The van der Waals surface area contributed by atoms with Gasteiger partial charge >= 0.3 is 5.97 Å². The number of hydrogen-bond acceptors (Lipinski definition) is 3. The van der Waals surface area contributed by atoms with Crippen LogP contribution in [0.1, 0.15) is 35.1 Å². The van der Waals surface area contributed by atoms with Crippen molar-refractivity contribution >= 4 is 35.2 Å². The van der Waals surface area contributed by atoms with E-state index in [4.69, 9.17) is 23.2 Å². The number of halogens is 2. The summed E-state index contributed by atoms with van der Waals surface area (Å²) in [5.41, 5.74) is 3.31. The Kier molecular flexibility index (Phi) is 7.35. The highest BCUT2D eigenvalue weighted by Gasteiger charge is 2.15. The van der Waals surface area contributed by atoms with E-state index in [9.17, 15) is 4.79 Å². The first-order chi connectivity index (χ1) is 14.5. The number of carbonyl (C=O) groups excluding carboxylic acids is 1. The van der Waals surface area contributed by atoms with Gasteiger partial charge in [-0.2, -0.15) is 0 Å². The second kappa shape index (κ2) is 10.2. The summed E-state index contributed by atoms with van der Waals surface area (Å²) in [5, 5.41) is 0.929. The standard InChI is InChI=1S/C24H20Cl2N2O2/c1-3-22-27-24(26)21(13-14-23(29)30-2)28(22)16-19-12-11-18(15-20(19)25)10-9-17-7-5-4-6-8-17/h4-8,11-15H,3,16H2,1-2H3/b14-13+. The molecule has 3 rings (SSSR count). The van der Waals surface area contributed by atoms with Gasteiger partial charge in [-0.3, -0.25) is 0 Å². The van der Waals surface area contributed by atoms with Crippen LogP contribution in [0.4, 0.5) is 0 Å². The minimum atomic E-state index is -0.462. The molecule has 0 bridgehead atoms. The molecule has 0 radical (unpaired) electrons. The lowest BCUT2D eigenvalue weighted by Gasteiger charge is -2.11. The fourth-order valence-electron chi connectivity index (χ4n) is 2.89. The Bertz CT molecular complexity index is 1140. The van der Waals surface area contributed by atoms with E-state index in [0.29, 0.717) is 28.8 Å². The van der Waals surface area contributed by atoms with Crippen LogP contribution in [0.25, 0.3) is 6.08 Å². The van der Waals surface area contributed by atoms with E-state index in [0.717, 1.165) is 22.5 Å². The zero-order valence-corrected chi connectivity index (χ0v) is 18.2. The first-order valence-corrected chi connectivity index (χ1v) is 10.1. The molecule has 0 aliphatic heterocycles. The number of carbonyl (C=O) groups is 1. The Hall–Kier alpha value is -3.00. The molecule has 3 aromatic rings. The number of hydrogen-bond donors (Lipinski definition) is 0. The van der Waals surface area contributed by atoms with Gasteiger partial charge in [0.1, 0.15) is 5.82 Å². The Morgan fingerprint density at radius 3 is 2.53 bits per heavy atom. The first kappa shape index (κ1) is 21.7. The molecule has 152 valence electrons. The molecule has 0 saturated carbocycles. The number of aryl methyl sites for hydroxylation is 1. The van der Waals surface area contributed by atoms with Crippen LogP contribution in [0.15, 0.2) is 54.6 Å². The molecule has 0 unspecified atom stereocenters. The molecule has 6 heteroatoms. The lowest BCUT2D eigenvalue weighted by atomic mass is 10.1. The van der Waals surface area contributed by atoms with Crippen molar-refractivity contribution in [3.8, 4) is 11.8 Å². The molecule has 0 N–H and O–H groups in total. The number of rotatable bonds is 5. The maximum atomic E-state index is 11.5. The number of benzene rings is 2. The maximum Gasteiger partial charge on any atom is 0.330 e. The van der Waals surface area contributed by atoms with Crippen molar-refractivity contribution in [3.05, 3.63) is 93.0 Å². The third-order valence-corrected chi connectivity index (χ3v) is 5.07. The second-order valence-corrected chi connectivity index (χ2v) is 7.19. The molecule has 1 aromatic heterocycles. The molecule has 0 fully saturated rings. The fourth-order valence-corrected chi connectivity index (χ4v) is 3.39. The van der Waals surface area contributed by atoms with Gasteiger partial charge in [-0.1, -0.05) is 66.2 Å². The van der Waals surface area contributed by atoms with Gasteiger partial charge in [0.2, 0.25) is 0 Å². The number of aromatic nitrogens is 2. The predicted octanol–water partition coefficient (Wildman–Crippen LogP) is 5.39. The van der Waals surface area contributed by atoms with E-state index in [1.54, 1.807) is 6.08 Å². The average Bonchev–Trinajstić information content (AvgIpc) is 3.07. The first-order valence-electron chi connectivity index (χ1n) is 9.38. The lowest BCUT2D eigenvalue weighted by molar-refractivity contribution is -0.134. The zero-order valence-electron chi connectivity index (χ0n) is 16.7. The number of nitrogens with zero attached hydrogens (tertiary/aromatic N) is 2. The van der Waals surface area contributed by atoms with Crippen LogP contribution in [-0.2, 0) is 22.5 Å². The summed E-state index contributed by atoms with van der Waals surface area (Å²) >= 11 is 12.8. The summed E-state index contributed by atoms with van der Waals surface area (Å²) in [4.78, 5) is 15.9. The highest BCUT2D eigenvalue weighted by molar-refractivity contribution is 6.31. The zero-order chi connectivity index (χ0) is 21.5. The van der Waals surface area contributed by atoms with E-state index in [1.807, 2.05) is 60.0 Å². The van der Waals surface area contributed by atoms with E-state index < -0.39 is 5.97 Å². The normalized spacial score (nSPS) is 10.7. The largest absolute Gasteiger partial charge is 0.466 e. The summed E-state index contributed by atoms with van der Waals surface area (Å²) in [6, 6.07) is 15.5. The molecule has 4 nitrogen and oxygen atoms in total. The van der Waals surface area contributed by atoms with Crippen molar-refractivity contribution in [1.29, 1.82) is 0 Å². The summed E-state index contributed by atoms with van der Waals surface area (Å²) in [6.07, 6.45) is 3.61. The van der Waals surface area contributed by atoms with Gasteiger partial charge in [-0.25, -0.2) is 9.78 Å².